The summed E-state index contributed by atoms with van der Waals surface area (Å²) in [5.41, 5.74) is 0.421. The molecule has 0 aromatic rings. The zero-order chi connectivity index (χ0) is 12.3. The molecule has 1 aliphatic rings. The van der Waals surface area contributed by atoms with E-state index in [2.05, 4.69) is 51.9 Å². The third-order valence-electron chi connectivity index (χ3n) is 4.40. The Morgan fingerprint density at radius 1 is 1.38 bits per heavy atom. The largest absolute Gasteiger partial charge is 0.314 e. The van der Waals surface area contributed by atoms with Crippen LogP contribution in [0.5, 0.6) is 0 Å². The molecule has 0 saturated carbocycles. The molecule has 1 rings (SSSR count). The smallest absolute Gasteiger partial charge is 0.00941 e. The Morgan fingerprint density at radius 2 is 2.00 bits per heavy atom. The number of likely N-dealkylation sites (tertiary alicyclic amines) is 1. The van der Waals surface area contributed by atoms with E-state index in [1.807, 2.05) is 0 Å². The van der Waals surface area contributed by atoms with Crippen molar-refractivity contribution in [1.29, 1.82) is 0 Å². The quantitative estimate of drug-likeness (QED) is 0.796. The Bertz CT molecular complexity index is 207. The lowest BCUT2D eigenvalue weighted by Gasteiger charge is -2.37. The predicted octanol–water partition coefficient (Wildman–Crippen LogP) is 2.74. The molecule has 1 N–H and O–H groups in total. The Balaban J connectivity index is 2.29. The molecule has 2 heteroatoms. The average molecular weight is 226 g/mol. The van der Waals surface area contributed by atoms with E-state index in [1.54, 1.807) is 0 Å². The number of hydrogen-bond acceptors (Lipinski definition) is 2. The van der Waals surface area contributed by atoms with Gasteiger partial charge in [-0.2, -0.15) is 0 Å². The lowest BCUT2D eigenvalue weighted by Crippen LogP contribution is -2.47. The molecule has 0 amide bonds. The SMILES string of the molecule is CC1CC(NCC(C)C(C)(C)C)CCN1C. The summed E-state index contributed by atoms with van der Waals surface area (Å²) in [4.78, 5) is 2.46. The summed E-state index contributed by atoms with van der Waals surface area (Å²) >= 11 is 0. The summed E-state index contributed by atoms with van der Waals surface area (Å²) in [5, 5.41) is 3.75. The maximum Gasteiger partial charge on any atom is 0.00941 e. The first-order valence-corrected chi connectivity index (χ1v) is 6.74. The van der Waals surface area contributed by atoms with E-state index in [0.29, 0.717) is 5.41 Å². The van der Waals surface area contributed by atoms with Gasteiger partial charge in [0.15, 0.2) is 0 Å². The Hall–Kier alpha value is -0.0800. The van der Waals surface area contributed by atoms with Crippen molar-refractivity contribution in [2.45, 2.75) is 59.5 Å². The van der Waals surface area contributed by atoms with Gasteiger partial charge in [0, 0.05) is 12.1 Å². The fraction of sp³-hybridized carbons (Fsp3) is 1.00. The molecular formula is C14H30N2. The van der Waals surface area contributed by atoms with E-state index in [-0.39, 0.29) is 0 Å². The molecule has 0 bridgehead atoms. The van der Waals surface area contributed by atoms with E-state index >= 15 is 0 Å². The van der Waals surface area contributed by atoms with E-state index in [9.17, 15) is 0 Å². The highest BCUT2D eigenvalue weighted by Crippen LogP contribution is 2.25. The molecule has 3 unspecified atom stereocenters. The van der Waals surface area contributed by atoms with Gasteiger partial charge in [-0.15, -0.1) is 0 Å². The summed E-state index contributed by atoms with van der Waals surface area (Å²) in [6.07, 6.45) is 2.60. The first-order valence-electron chi connectivity index (χ1n) is 6.74. The van der Waals surface area contributed by atoms with Gasteiger partial charge < -0.3 is 10.2 Å². The summed E-state index contributed by atoms with van der Waals surface area (Å²) in [6, 6.07) is 1.46. The van der Waals surface area contributed by atoms with E-state index in [1.165, 1.54) is 19.4 Å². The molecule has 96 valence electrons. The minimum Gasteiger partial charge on any atom is -0.314 e. The van der Waals surface area contributed by atoms with Crippen LogP contribution < -0.4 is 5.32 Å². The number of rotatable bonds is 3. The summed E-state index contributed by atoms with van der Waals surface area (Å²) in [5.74, 6) is 0.738. The second-order valence-corrected chi connectivity index (χ2v) is 6.73. The van der Waals surface area contributed by atoms with Crippen LogP contribution in [0.2, 0.25) is 0 Å². The van der Waals surface area contributed by atoms with Crippen LogP contribution in [0.15, 0.2) is 0 Å². The average Bonchev–Trinajstić information content (AvgIpc) is 2.18. The fourth-order valence-corrected chi connectivity index (χ4v) is 2.12. The van der Waals surface area contributed by atoms with Crippen LogP contribution in [0.25, 0.3) is 0 Å². The van der Waals surface area contributed by atoms with Gasteiger partial charge in [0.2, 0.25) is 0 Å². The van der Waals surface area contributed by atoms with Crippen molar-refractivity contribution in [3.05, 3.63) is 0 Å². The van der Waals surface area contributed by atoms with Crippen molar-refractivity contribution >= 4 is 0 Å². The highest BCUT2D eigenvalue weighted by molar-refractivity contribution is 4.82. The van der Waals surface area contributed by atoms with E-state index < -0.39 is 0 Å². The molecule has 1 fully saturated rings. The third kappa shape index (κ3) is 4.06. The maximum absolute atomic E-state index is 3.75. The first kappa shape index (κ1) is 14.0. The number of nitrogens with one attached hydrogen (secondary N) is 1. The van der Waals surface area contributed by atoms with Gasteiger partial charge in [-0.25, -0.2) is 0 Å². The van der Waals surface area contributed by atoms with Gasteiger partial charge in [0.25, 0.3) is 0 Å². The van der Waals surface area contributed by atoms with Gasteiger partial charge in [-0.1, -0.05) is 27.7 Å². The maximum atomic E-state index is 3.75. The number of hydrogen-bond donors (Lipinski definition) is 1. The topological polar surface area (TPSA) is 15.3 Å². The second-order valence-electron chi connectivity index (χ2n) is 6.73. The minimum atomic E-state index is 0.421. The molecule has 1 aliphatic heterocycles. The standard InChI is InChI=1S/C14H30N2/c1-11(14(3,4)5)10-15-13-7-8-16(6)12(2)9-13/h11-13,15H,7-10H2,1-6H3. The van der Waals surface area contributed by atoms with Crippen molar-refractivity contribution in [2.24, 2.45) is 11.3 Å². The van der Waals surface area contributed by atoms with Crippen LogP contribution >= 0.6 is 0 Å². The van der Waals surface area contributed by atoms with Crippen molar-refractivity contribution in [2.75, 3.05) is 20.1 Å². The van der Waals surface area contributed by atoms with Crippen molar-refractivity contribution in [3.63, 3.8) is 0 Å². The first-order chi connectivity index (χ1) is 7.30. The fourth-order valence-electron chi connectivity index (χ4n) is 2.12. The molecule has 0 radical (unpaired) electrons. The monoisotopic (exact) mass is 226 g/mol. The van der Waals surface area contributed by atoms with Crippen molar-refractivity contribution in [3.8, 4) is 0 Å². The van der Waals surface area contributed by atoms with E-state index in [0.717, 1.165) is 24.5 Å². The zero-order valence-corrected chi connectivity index (χ0v) is 12.0. The number of piperidine rings is 1. The summed E-state index contributed by atoms with van der Waals surface area (Å²) in [6.45, 7) is 14.1. The molecule has 3 atom stereocenters. The molecule has 0 aromatic carbocycles. The van der Waals surface area contributed by atoms with Gasteiger partial charge in [0.05, 0.1) is 0 Å². The summed E-state index contributed by atoms with van der Waals surface area (Å²) < 4.78 is 0. The van der Waals surface area contributed by atoms with Crippen LogP contribution in [0, 0.1) is 11.3 Å². The van der Waals surface area contributed by atoms with Crippen molar-refractivity contribution < 1.29 is 0 Å². The molecule has 2 nitrogen and oxygen atoms in total. The highest BCUT2D eigenvalue weighted by Gasteiger charge is 2.25. The van der Waals surface area contributed by atoms with Crippen molar-refractivity contribution in [1.82, 2.24) is 10.2 Å². The van der Waals surface area contributed by atoms with Gasteiger partial charge in [0.1, 0.15) is 0 Å². The summed E-state index contributed by atoms with van der Waals surface area (Å²) in [7, 11) is 2.23. The predicted molar refractivity (Wildman–Crippen MR) is 71.7 cm³/mol. The molecule has 1 heterocycles. The Morgan fingerprint density at radius 3 is 2.50 bits per heavy atom. The van der Waals surface area contributed by atoms with Crippen LogP contribution in [0.3, 0.4) is 0 Å². The molecule has 1 saturated heterocycles. The van der Waals surface area contributed by atoms with Gasteiger partial charge >= 0.3 is 0 Å². The van der Waals surface area contributed by atoms with Crippen LogP contribution in [0.4, 0.5) is 0 Å². The second kappa shape index (κ2) is 5.50. The van der Waals surface area contributed by atoms with Crippen LogP contribution in [-0.2, 0) is 0 Å². The molecular weight excluding hydrogens is 196 g/mol. The molecule has 0 spiro atoms. The molecule has 0 aromatic heterocycles. The van der Waals surface area contributed by atoms with Crippen LogP contribution in [0.1, 0.15) is 47.5 Å². The lowest BCUT2D eigenvalue weighted by molar-refractivity contribution is 0.158. The van der Waals surface area contributed by atoms with Gasteiger partial charge in [-0.3, -0.25) is 0 Å². The van der Waals surface area contributed by atoms with E-state index in [4.69, 9.17) is 0 Å². The Labute approximate surface area is 102 Å². The third-order valence-corrected chi connectivity index (χ3v) is 4.40. The zero-order valence-electron chi connectivity index (χ0n) is 12.0. The minimum absolute atomic E-state index is 0.421. The molecule has 0 aliphatic carbocycles. The molecule has 16 heavy (non-hydrogen) atoms. The lowest BCUT2D eigenvalue weighted by atomic mass is 9.82. The van der Waals surface area contributed by atoms with Crippen LogP contribution in [-0.4, -0.2) is 37.1 Å². The highest BCUT2D eigenvalue weighted by atomic mass is 15.1. The Kier molecular flexibility index (Phi) is 4.81. The van der Waals surface area contributed by atoms with Gasteiger partial charge in [-0.05, 0) is 51.2 Å². The number of nitrogens with zero attached hydrogens (tertiary/aromatic N) is 1. The normalized spacial score (nSPS) is 30.4.